The number of aryl methyl sites for hydroxylation is 1. The van der Waals surface area contributed by atoms with Crippen LogP contribution in [-0.4, -0.2) is 31.2 Å². The van der Waals surface area contributed by atoms with E-state index >= 15 is 0 Å². The van der Waals surface area contributed by atoms with Gasteiger partial charge in [0.05, 0.1) is 5.22 Å². The average Bonchev–Trinajstić information content (AvgIpc) is 2.78. The quantitative estimate of drug-likeness (QED) is 0.578. The first-order valence-corrected chi connectivity index (χ1v) is 11.2. The molecule has 0 amide bonds. The van der Waals surface area contributed by atoms with Crippen LogP contribution in [0.25, 0.3) is 23.6 Å². The molecular formula is C26H32N4O. The van der Waals surface area contributed by atoms with E-state index in [1.165, 1.54) is 18.5 Å². The van der Waals surface area contributed by atoms with E-state index in [4.69, 9.17) is 0 Å². The molecule has 3 aromatic rings. The molecule has 0 aliphatic carbocycles. The van der Waals surface area contributed by atoms with Crippen LogP contribution in [0.15, 0.2) is 47.3 Å². The van der Waals surface area contributed by atoms with Gasteiger partial charge in [-0.1, -0.05) is 37.3 Å². The zero-order valence-electron chi connectivity index (χ0n) is 18.5. The summed E-state index contributed by atoms with van der Waals surface area (Å²) in [4.78, 5) is 17.9. The Hall–Kier alpha value is -3.05. The second kappa shape index (κ2) is 9.40. The molecule has 0 spiro atoms. The number of hydrogen-bond acceptors (Lipinski definition) is 4. The molecule has 1 aromatic heterocycles. The SMILES string of the molecule is C=c1[nH]c(=O)/c(=C\Nc2ccc(N3CCC(CNCC)CC3)cc2)c2cc(C)ccc12. The van der Waals surface area contributed by atoms with Gasteiger partial charge >= 0.3 is 0 Å². The van der Waals surface area contributed by atoms with Gasteiger partial charge in [0.25, 0.3) is 5.56 Å². The lowest BCUT2D eigenvalue weighted by molar-refractivity contribution is 0.386. The molecule has 3 N–H and O–H groups in total. The lowest BCUT2D eigenvalue weighted by Gasteiger charge is -2.33. The van der Waals surface area contributed by atoms with E-state index in [1.54, 1.807) is 6.20 Å². The second-order valence-electron chi connectivity index (χ2n) is 8.47. The first-order valence-electron chi connectivity index (χ1n) is 11.2. The van der Waals surface area contributed by atoms with Crippen LogP contribution >= 0.6 is 0 Å². The zero-order valence-corrected chi connectivity index (χ0v) is 18.5. The van der Waals surface area contributed by atoms with Gasteiger partial charge in [-0.15, -0.1) is 0 Å². The molecule has 1 aliphatic heterocycles. The lowest BCUT2D eigenvalue weighted by atomic mass is 9.96. The molecule has 1 saturated heterocycles. The van der Waals surface area contributed by atoms with Gasteiger partial charge in [-0.25, -0.2) is 0 Å². The summed E-state index contributed by atoms with van der Waals surface area (Å²) in [7, 11) is 0. The van der Waals surface area contributed by atoms with E-state index in [0.29, 0.717) is 10.6 Å². The number of aromatic nitrogens is 1. The topological polar surface area (TPSA) is 60.2 Å². The van der Waals surface area contributed by atoms with Crippen LogP contribution in [0.1, 0.15) is 25.3 Å². The van der Waals surface area contributed by atoms with Crippen molar-refractivity contribution in [2.75, 3.05) is 36.4 Å². The number of nitrogens with one attached hydrogen (secondary N) is 3. The van der Waals surface area contributed by atoms with Gasteiger partial charge in [0.15, 0.2) is 0 Å². The summed E-state index contributed by atoms with van der Waals surface area (Å²) in [6.07, 6.45) is 4.26. The predicted octanol–water partition coefficient (Wildman–Crippen LogP) is 2.92. The summed E-state index contributed by atoms with van der Waals surface area (Å²) in [6, 6.07) is 14.6. The third kappa shape index (κ3) is 4.83. The van der Waals surface area contributed by atoms with Gasteiger partial charge in [0.1, 0.15) is 0 Å². The number of piperidine rings is 1. The molecule has 5 nitrogen and oxygen atoms in total. The minimum Gasteiger partial charge on any atom is -0.372 e. The number of H-pyrrole nitrogens is 1. The summed E-state index contributed by atoms with van der Waals surface area (Å²) in [6.45, 7) is 12.6. The van der Waals surface area contributed by atoms with Crippen LogP contribution in [0.2, 0.25) is 0 Å². The highest BCUT2D eigenvalue weighted by Gasteiger charge is 2.18. The van der Waals surface area contributed by atoms with Crippen molar-refractivity contribution in [1.82, 2.24) is 10.3 Å². The van der Waals surface area contributed by atoms with E-state index < -0.39 is 0 Å². The van der Waals surface area contributed by atoms with Crippen molar-refractivity contribution in [3.8, 4) is 0 Å². The molecule has 0 saturated carbocycles. The highest BCUT2D eigenvalue weighted by Crippen LogP contribution is 2.24. The Kier molecular flexibility index (Phi) is 6.42. The Balaban J connectivity index is 1.49. The van der Waals surface area contributed by atoms with Crippen molar-refractivity contribution in [3.63, 3.8) is 0 Å². The maximum absolute atomic E-state index is 12.6. The highest BCUT2D eigenvalue weighted by molar-refractivity contribution is 5.84. The van der Waals surface area contributed by atoms with Gasteiger partial charge in [-0.3, -0.25) is 4.79 Å². The Morgan fingerprint density at radius 3 is 2.58 bits per heavy atom. The number of nitrogens with zero attached hydrogens (tertiary/aromatic N) is 1. The molecule has 1 fully saturated rings. The van der Waals surface area contributed by atoms with Gasteiger partial charge in [-0.05, 0) is 68.4 Å². The Bertz CT molecular complexity index is 1210. The molecule has 0 radical (unpaired) electrons. The van der Waals surface area contributed by atoms with Crippen LogP contribution in [0.4, 0.5) is 11.4 Å². The number of pyridine rings is 1. The fourth-order valence-corrected chi connectivity index (χ4v) is 4.35. The van der Waals surface area contributed by atoms with E-state index in [2.05, 4.69) is 58.3 Å². The molecule has 0 atom stereocenters. The fourth-order valence-electron chi connectivity index (χ4n) is 4.35. The largest absolute Gasteiger partial charge is 0.372 e. The van der Waals surface area contributed by atoms with Crippen LogP contribution in [-0.2, 0) is 0 Å². The zero-order chi connectivity index (χ0) is 21.8. The van der Waals surface area contributed by atoms with Crippen LogP contribution < -0.4 is 31.7 Å². The van der Waals surface area contributed by atoms with Crippen LogP contribution in [0.5, 0.6) is 0 Å². The number of aromatic amines is 1. The minimum absolute atomic E-state index is 0.132. The number of fused-ring (bicyclic) bond motifs is 1. The number of hydrogen-bond donors (Lipinski definition) is 3. The molecule has 31 heavy (non-hydrogen) atoms. The molecule has 162 valence electrons. The first-order chi connectivity index (χ1) is 15.0. The first kappa shape index (κ1) is 21.2. The van der Waals surface area contributed by atoms with Gasteiger partial charge in [0, 0.05) is 41.4 Å². The predicted molar refractivity (Wildman–Crippen MR) is 132 cm³/mol. The molecule has 0 unspecified atom stereocenters. The molecule has 1 aliphatic rings. The summed E-state index contributed by atoms with van der Waals surface area (Å²) < 4.78 is 0. The summed E-state index contributed by atoms with van der Waals surface area (Å²) in [5, 5.41) is 9.92. The van der Waals surface area contributed by atoms with Crippen molar-refractivity contribution in [1.29, 1.82) is 0 Å². The summed E-state index contributed by atoms with van der Waals surface area (Å²) in [5.41, 5.74) is 3.20. The lowest BCUT2D eigenvalue weighted by Crippen LogP contribution is -2.37. The van der Waals surface area contributed by atoms with Crippen molar-refractivity contribution < 1.29 is 0 Å². The average molecular weight is 417 g/mol. The Morgan fingerprint density at radius 1 is 1.13 bits per heavy atom. The second-order valence-corrected chi connectivity index (χ2v) is 8.47. The third-order valence-electron chi connectivity index (χ3n) is 6.21. The highest BCUT2D eigenvalue weighted by atomic mass is 16.1. The maximum Gasteiger partial charge on any atom is 0.257 e. The summed E-state index contributed by atoms with van der Waals surface area (Å²) in [5.74, 6) is 0.785. The van der Waals surface area contributed by atoms with Gasteiger partial charge in [-0.2, -0.15) is 0 Å². The molecule has 0 bridgehead atoms. The van der Waals surface area contributed by atoms with Gasteiger partial charge in [0.2, 0.25) is 0 Å². The molecule has 2 heterocycles. The Labute approximate surface area is 183 Å². The monoisotopic (exact) mass is 416 g/mol. The number of rotatable bonds is 6. The maximum atomic E-state index is 12.6. The van der Waals surface area contributed by atoms with E-state index in [9.17, 15) is 4.79 Å². The van der Waals surface area contributed by atoms with Crippen LogP contribution in [0.3, 0.4) is 0 Å². The van der Waals surface area contributed by atoms with Crippen molar-refractivity contribution >= 4 is 34.9 Å². The smallest absolute Gasteiger partial charge is 0.257 e. The van der Waals surface area contributed by atoms with Crippen molar-refractivity contribution in [3.05, 3.63) is 68.9 Å². The van der Waals surface area contributed by atoms with E-state index in [-0.39, 0.29) is 5.56 Å². The van der Waals surface area contributed by atoms with Crippen LogP contribution in [0, 0.1) is 12.8 Å². The molecule has 4 rings (SSSR count). The fraction of sp³-hybridized carbons (Fsp3) is 0.346. The minimum atomic E-state index is -0.132. The number of benzene rings is 2. The number of anilines is 2. The van der Waals surface area contributed by atoms with Gasteiger partial charge < -0.3 is 20.5 Å². The van der Waals surface area contributed by atoms with Crippen molar-refractivity contribution in [2.24, 2.45) is 5.92 Å². The van der Waals surface area contributed by atoms with E-state index in [0.717, 1.165) is 54.1 Å². The molecule has 2 aromatic carbocycles. The third-order valence-corrected chi connectivity index (χ3v) is 6.21. The summed E-state index contributed by atoms with van der Waals surface area (Å²) >= 11 is 0. The van der Waals surface area contributed by atoms with Crippen molar-refractivity contribution in [2.45, 2.75) is 26.7 Å². The molecule has 5 heteroatoms. The Morgan fingerprint density at radius 2 is 1.87 bits per heavy atom. The normalized spacial score (nSPS) is 15.5. The van der Waals surface area contributed by atoms with E-state index in [1.807, 2.05) is 25.1 Å². The molecular weight excluding hydrogens is 384 g/mol. The standard InChI is InChI=1S/C26H32N4O/c1-4-27-16-20-11-13-30(14-12-20)22-8-6-21(7-9-22)28-17-25-24-15-18(2)5-10-23(24)19(3)29-26(25)31/h5-10,15,17,20,27-28H,3-4,11-14,16H2,1-2H3,(H,29,31)/b25-17-.